The number of carbonyl (C=O) groups is 1. The first kappa shape index (κ1) is 15.3. The van der Waals surface area contributed by atoms with E-state index in [-0.39, 0.29) is 5.91 Å². The summed E-state index contributed by atoms with van der Waals surface area (Å²) in [5.74, 6) is 0.0681. The molecule has 0 aliphatic heterocycles. The van der Waals surface area contributed by atoms with Gasteiger partial charge in [-0.15, -0.1) is 5.10 Å². The number of thiophene rings is 1. The maximum atomic E-state index is 13.2. The number of fused-ring (bicyclic) bond motifs is 1. The highest BCUT2D eigenvalue weighted by molar-refractivity contribution is 7.07. The molecule has 1 fully saturated rings. The van der Waals surface area contributed by atoms with E-state index >= 15 is 0 Å². The summed E-state index contributed by atoms with van der Waals surface area (Å²) in [5, 5.41) is 15.6. The summed E-state index contributed by atoms with van der Waals surface area (Å²) in [4.78, 5) is 15.2. The van der Waals surface area contributed by atoms with Crippen LogP contribution < -0.4 is 0 Å². The molecule has 0 radical (unpaired) electrons. The number of aromatic nitrogens is 4. The topological polar surface area (TPSA) is 63.4 Å². The summed E-state index contributed by atoms with van der Waals surface area (Å²) in [6, 6.07) is 5.98. The average Bonchev–Trinajstić information content (AvgIpc) is 3.30. The fraction of sp³-hybridized carbons (Fsp3) is 0.412. The molecule has 4 rings (SSSR count). The number of rotatable bonds is 4. The molecule has 3 heterocycles. The number of hydrogen-bond acceptors (Lipinski definition) is 5. The van der Waals surface area contributed by atoms with Crippen molar-refractivity contribution in [3.63, 3.8) is 0 Å². The molecule has 0 bridgehead atoms. The summed E-state index contributed by atoms with van der Waals surface area (Å²) in [5.41, 5.74) is 2.45. The minimum absolute atomic E-state index is 0.0681. The lowest BCUT2D eigenvalue weighted by Gasteiger charge is -2.34. The number of hydrogen-bond donors (Lipinski definition) is 0. The first-order valence-electron chi connectivity index (χ1n) is 8.31. The lowest BCUT2D eigenvalue weighted by Crippen LogP contribution is -2.40. The normalized spacial score (nSPS) is 15.7. The molecule has 0 aromatic carbocycles. The fourth-order valence-corrected chi connectivity index (χ4v) is 4.04. The predicted molar refractivity (Wildman–Crippen MR) is 91.8 cm³/mol. The molecule has 124 valence electrons. The molecule has 0 spiro atoms. The second-order valence-electron chi connectivity index (χ2n) is 6.25. The third-order valence-electron chi connectivity index (χ3n) is 4.65. The Morgan fingerprint density at radius 1 is 1.29 bits per heavy atom. The Balaban J connectivity index is 1.63. The molecule has 3 aromatic heterocycles. The fourth-order valence-electron chi connectivity index (χ4n) is 3.38. The summed E-state index contributed by atoms with van der Waals surface area (Å²) in [6.07, 6.45) is 7.59. The van der Waals surface area contributed by atoms with Gasteiger partial charge in [-0.3, -0.25) is 4.79 Å². The van der Waals surface area contributed by atoms with E-state index in [2.05, 4.69) is 32.4 Å². The van der Waals surface area contributed by atoms with Gasteiger partial charge in [0.1, 0.15) is 0 Å². The van der Waals surface area contributed by atoms with Gasteiger partial charge in [-0.25, -0.2) is 4.52 Å². The molecule has 0 saturated heterocycles. The number of nitrogens with zero attached hydrogens (tertiary/aromatic N) is 5. The quantitative estimate of drug-likeness (QED) is 0.731. The first-order valence-corrected chi connectivity index (χ1v) is 9.25. The van der Waals surface area contributed by atoms with Crippen molar-refractivity contribution < 1.29 is 4.79 Å². The minimum atomic E-state index is 0.0681. The van der Waals surface area contributed by atoms with Gasteiger partial charge in [0.25, 0.3) is 5.91 Å². The second-order valence-corrected chi connectivity index (χ2v) is 7.03. The minimum Gasteiger partial charge on any atom is -0.331 e. The van der Waals surface area contributed by atoms with Crippen LogP contribution in [0.25, 0.3) is 5.65 Å². The van der Waals surface area contributed by atoms with Crippen LogP contribution in [0.3, 0.4) is 0 Å². The highest BCUT2D eigenvalue weighted by Crippen LogP contribution is 2.26. The van der Waals surface area contributed by atoms with Gasteiger partial charge in [-0.2, -0.15) is 11.3 Å². The van der Waals surface area contributed by atoms with E-state index in [0.717, 1.165) is 12.8 Å². The van der Waals surface area contributed by atoms with Gasteiger partial charge in [0.15, 0.2) is 5.65 Å². The molecule has 1 amide bonds. The Kier molecular flexibility index (Phi) is 4.25. The number of pyridine rings is 1. The lowest BCUT2D eigenvalue weighted by molar-refractivity contribution is 0.0614. The zero-order valence-electron chi connectivity index (χ0n) is 13.3. The van der Waals surface area contributed by atoms with Crippen LogP contribution in [0.15, 0.2) is 35.2 Å². The van der Waals surface area contributed by atoms with E-state index in [1.165, 1.54) is 24.8 Å². The van der Waals surface area contributed by atoms with Crippen LogP contribution in [0.1, 0.15) is 48.0 Å². The van der Waals surface area contributed by atoms with E-state index in [9.17, 15) is 4.79 Å². The largest absolute Gasteiger partial charge is 0.331 e. The van der Waals surface area contributed by atoms with Gasteiger partial charge in [0.2, 0.25) is 0 Å². The molecule has 1 aliphatic rings. The Bertz CT molecular complexity index is 823. The van der Waals surface area contributed by atoms with E-state index in [4.69, 9.17) is 0 Å². The molecule has 7 heteroatoms. The maximum absolute atomic E-state index is 13.2. The van der Waals surface area contributed by atoms with Crippen molar-refractivity contribution in [3.05, 3.63) is 46.3 Å². The highest BCUT2D eigenvalue weighted by atomic mass is 32.1. The highest BCUT2D eigenvalue weighted by Gasteiger charge is 2.27. The van der Waals surface area contributed by atoms with E-state index in [1.807, 2.05) is 4.90 Å². The van der Waals surface area contributed by atoms with Crippen LogP contribution in [0.5, 0.6) is 0 Å². The summed E-state index contributed by atoms with van der Waals surface area (Å²) < 4.78 is 1.57. The summed E-state index contributed by atoms with van der Waals surface area (Å²) >= 11 is 1.67. The zero-order chi connectivity index (χ0) is 16.4. The Morgan fingerprint density at radius 3 is 2.96 bits per heavy atom. The summed E-state index contributed by atoms with van der Waals surface area (Å²) in [6.45, 7) is 0.670. The molecule has 0 atom stereocenters. The molecular formula is C17H19N5OS. The Labute approximate surface area is 144 Å². The van der Waals surface area contributed by atoms with Crippen molar-refractivity contribution in [1.29, 1.82) is 0 Å². The van der Waals surface area contributed by atoms with Crippen LogP contribution in [0, 0.1) is 0 Å². The zero-order valence-corrected chi connectivity index (χ0v) is 14.2. The van der Waals surface area contributed by atoms with Crippen LogP contribution in [-0.4, -0.2) is 36.9 Å². The number of carbonyl (C=O) groups excluding carboxylic acids is 1. The Hall–Kier alpha value is -2.28. The molecule has 24 heavy (non-hydrogen) atoms. The maximum Gasteiger partial charge on any atom is 0.254 e. The van der Waals surface area contributed by atoms with E-state index in [1.54, 1.807) is 34.2 Å². The second kappa shape index (κ2) is 6.68. The Morgan fingerprint density at radius 2 is 2.17 bits per heavy atom. The first-order chi connectivity index (χ1) is 11.8. The molecule has 3 aromatic rings. The molecule has 0 unspecified atom stereocenters. The van der Waals surface area contributed by atoms with Crippen LogP contribution in [0.4, 0.5) is 0 Å². The molecule has 1 saturated carbocycles. The van der Waals surface area contributed by atoms with Gasteiger partial charge in [0.05, 0.1) is 0 Å². The van der Waals surface area contributed by atoms with E-state index < -0.39 is 0 Å². The van der Waals surface area contributed by atoms with Gasteiger partial charge >= 0.3 is 0 Å². The number of amides is 1. The predicted octanol–water partition coefficient (Wildman–Crippen LogP) is 3.16. The molecule has 1 aliphatic carbocycles. The average molecular weight is 341 g/mol. The molecular weight excluding hydrogens is 322 g/mol. The van der Waals surface area contributed by atoms with Gasteiger partial charge in [-0.1, -0.05) is 19.3 Å². The van der Waals surface area contributed by atoms with Crippen molar-refractivity contribution in [2.24, 2.45) is 0 Å². The van der Waals surface area contributed by atoms with Crippen LogP contribution >= 0.6 is 11.3 Å². The third-order valence-corrected chi connectivity index (χ3v) is 5.39. The van der Waals surface area contributed by atoms with Crippen molar-refractivity contribution in [2.75, 3.05) is 0 Å². The van der Waals surface area contributed by atoms with Crippen molar-refractivity contribution in [3.8, 4) is 0 Å². The van der Waals surface area contributed by atoms with E-state index in [0.29, 0.717) is 23.8 Å². The van der Waals surface area contributed by atoms with Crippen molar-refractivity contribution in [1.82, 2.24) is 24.9 Å². The summed E-state index contributed by atoms with van der Waals surface area (Å²) in [7, 11) is 0. The van der Waals surface area contributed by atoms with Gasteiger partial charge < -0.3 is 4.90 Å². The third kappa shape index (κ3) is 3.03. The molecule has 6 nitrogen and oxygen atoms in total. The van der Waals surface area contributed by atoms with Crippen molar-refractivity contribution in [2.45, 2.75) is 44.7 Å². The van der Waals surface area contributed by atoms with Crippen LogP contribution in [0.2, 0.25) is 0 Å². The van der Waals surface area contributed by atoms with Crippen LogP contribution in [-0.2, 0) is 6.54 Å². The smallest absolute Gasteiger partial charge is 0.254 e. The lowest BCUT2D eigenvalue weighted by atomic mass is 9.93. The van der Waals surface area contributed by atoms with Gasteiger partial charge in [0, 0.05) is 24.3 Å². The van der Waals surface area contributed by atoms with Crippen molar-refractivity contribution >= 4 is 22.9 Å². The monoisotopic (exact) mass is 341 g/mol. The SMILES string of the molecule is O=C(c1ccn2nnnc2c1)N(Cc1ccsc1)C1CCCCC1. The molecule has 0 N–H and O–H groups in total. The number of tetrazole rings is 1. The van der Waals surface area contributed by atoms with Gasteiger partial charge in [-0.05, 0) is 57.8 Å². The standard InChI is InChI=1S/C17H19N5OS/c23-17(14-6-8-22-16(10-14)18-19-20-22)21(11-13-7-9-24-12-13)15-4-2-1-3-5-15/h6-10,12,15H,1-5,11H2.